The number of nitrogens with two attached hydrogens (primary N) is 1. The molecule has 0 saturated heterocycles. The zero-order valence-electron chi connectivity index (χ0n) is 11.0. The van der Waals surface area contributed by atoms with Crippen molar-refractivity contribution < 1.29 is 4.74 Å². The highest BCUT2D eigenvalue weighted by Gasteiger charge is 2.09. The molecule has 4 heteroatoms. The second-order valence-electron chi connectivity index (χ2n) is 4.58. The Morgan fingerprint density at radius 1 is 0.952 bits per heavy atom. The SMILES string of the molecule is NC(=S)c1ccc(Oc2cccc(Br)c2)c2ccccc12. The third-order valence-electron chi connectivity index (χ3n) is 3.17. The van der Waals surface area contributed by atoms with Crippen LogP contribution < -0.4 is 10.5 Å². The van der Waals surface area contributed by atoms with Crippen LogP contribution in [0.2, 0.25) is 0 Å². The fourth-order valence-corrected chi connectivity index (χ4v) is 2.79. The number of rotatable bonds is 3. The van der Waals surface area contributed by atoms with Crippen molar-refractivity contribution in [3.63, 3.8) is 0 Å². The quantitative estimate of drug-likeness (QED) is 0.667. The van der Waals surface area contributed by atoms with Gasteiger partial charge in [0.05, 0.1) is 0 Å². The number of fused-ring (bicyclic) bond motifs is 1. The minimum Gasteiger partial charge on any atom is -0.457 e. The van der Waals surface area contributed by atoms with Crippen molar-refractivity contribution in [2.75, 3.05) is 0 Å². The second kappa shape index (κ2) is 5.84. The normalized spacial score (nSPS) is 10.5. The van der Waals surface area contributed by atoms with Crippen LogP contribution in [0.1, 0.15) is 5.56 Å². The molecular formula is C17H12BrNOS. The summed E-state index contributed by atoms with van der Waals surface area (Å²) in [5.41, 5.74) is 6.65. The van der Waals surface area contributed by atoms with Crippen molar-refractivity contribution in [2.24, 2.45) is 5.73 Å². The average molecular weight is 358 g/mol. The zero-order valence-corrected chi connectivity index (χ0v) is 13.4. The van der Waals surface area contributed by atoms with Gasteiger partial charge in [-0.05, 0) is 35.7 Å². The zero-order chi connectivity index (χ0) is 14.8. The van der Waals surface area contributed by atoms with E-state index in [0.717, 1.165) is 32.3 Å². The molecule has 104 valence electrons. The molecule has 0 fully saturated rings. The lowest BCUT2D eigenvalue weighted by molar-refractivity contribution is 0.488. The van der Waals surface area contributed by atoms with Crippen LogP contribution in [-0.2, 0) is 0 Å². The molecule has 0 radical (unpaired) electrons. The highest BCUT2D eigenvalue weighted by Crippen LogP contribution is 2.32. The van der Waals surface area contributed by atoms with E-state index in [1.165, 1.54) is 0 Å². The first-order chi connectivity index (χ1) is 10.1. The summed E-state index contributed by atoms with van der Waals surface area (Å²) in [5.74, 6) is 1.56. The number of halogens is 1. The van der Waals surface area contributed by atoms with Crippen LogP contribution in [0.15, 0.2) is 65.1 Å². The van der Waals surface area contributed by atoms with Gasteiger partial charge in [-0.1, -0.05) is 58.5 Å². The van der Waals surface area contributed by atoms with Crippen LogP contribution in [0.5, 0.6) is 11.5 Å². The van der Waals surface area contributed by atoms with Gasteiger partial charge in [-0.25, -0.2) is 0 Å². The molecule has 0 aromatic heterocycles. The summed E-state index contributed by atoms with van der Waals surface area (Å²) in [6.45, 7) is 0. The summed E-state index contributed by atoms with van der Waals surface area (Å²) in [4.78, 5) is 0.389. The molecular weight excluding hydrogens is 346 g/mol. The Kier molecular flexibility index (Phi) is 3.90. The van der Waals surface area contributed by atoms with Crippen LogP contribution in [0.3, 0.4) is 0 Å². The smallest absolute Gasteiger partial charge is 0.135 e. The maximum atomic E-state index is 5.99. The Morgan fingerprint density at radius 3 is 2.43 bits per heavy atom. The summed E-state index contributed by atoms with van der Waals surface area (Å²) >= 11 is 8.55. The summed E-state index contributed by atoms with van der Waals surface area (Å²) in [7, 11) is 0. The van der Waals surface area contributed by atoms with Crippen LogP contribution in [-0.4, -0.2) is 4.99 Å². The van der Waals surface area contributed by atoms with E-state index in [4.69, 9.17) is 22.7 Å². The molecule has 3 rings (SSSR count). The van der Waals surface area contributed by atoms with Crippen LogP contribution in [0, 0.1) is 0 Å². The Balaban J connectivity index is 2.12. The Bertz CT molecular complexity index is 832. The van der Waals surface area contributed by atoms with Gasteiger partial charge >= 0.3 is 0 Å². The Labute approximate surface area is 136 Å². The van der Waals surface area contributed by atoms with Gasteiger partial charge in [0.2, 0.25) is 0 Å². The van der Waals surface area contributed by atoms with Gasteiger partial charge in [-0.3, -0.25) is 0 Å². The van der Waals surface area contributed by atoms with Gasteiger partial charge in [0.25, 0.3) is 0 Å². The molecule has 2 nitrogen and oxygen atoms in total. The third-order valence-corrected chi connectivity index (χ3v) is 3.89. The molecule has 0 bridgehead atoms. The fraction of sp³-hybridized carbons (Fsp3) is 0. The predicted molar refractivity (Wildman–Crippen MR) is 94.1 cm³/mol. The monoisotopic (exact) mass is 357 g/mol. The molecule has 0 aliphatic carbocycles. The molecule has 0 aliphatic rings. The van der Waals surface area contributed by atoms with Crippen LogP contribution >= 0.6 is 28.1 Å². The highest BCUT2D eigenvalue weighted by atomic mass is 79.9. The second-order valence-corrected chi connectivity index (χ2v) is 5.94. The first-order valence-electron chi connectivity index (χ1n) is 6.40. The topological polar surface area (TPSA) is 35.2 Å². The lowest BCUT2D eigenvalue weighted by Gasteiger charge is -2.12. The van der Waals surface area contributed by atoms with Gasteiger partial charge in [-0.2, -0.15) is 0 Å². The average Bonchev–Trinajstić information content (AvgIpc) is 2.47. The maximum Gasteiger partial charge on any atom is 0.135 e. The van der Waals surface area contributed by atoms with Crippen molar-refractivity contribution in [2.45, 2.75) is 0 Å². The van der Waals surface area contributed by atoms with Crippen molar-refractivity contribution in [1.82, 2.24) is 0 Å². The van der Waals surface area contributed by atoms with Crippen LogP contribution in [0.4, 0.5) is 0 Å². The van der Waals surface area contributed by atoms with Gasteiger partial charge in [0.1, 0.15) is 16.5 Å². The molecule has 0 amide bonds. The van der Waals surface area contributed by atoms with E-state index in [0.29, 0.717) is 4.99 Å². The van der Waals surface area contributed by atoms with Gasteiger partial charge in [-0.15, -0.1) is 0 Å². The number of benzene rings is 3. The number of hydrogen-bond donors (Lipinski definition) is 1. The van der Waals surface area contributed by atoms with E-state index < -0.39 is 0 Å². The molecule has 0 unspecified atom stereocenters. The molecule has 21 heavy (non-hydrogen) atoms. The summed E-state index contributed by atoms with van der Waals surface area (Å²) in [6, 6.07) is 19.5. The Hall–Kier alpha value is -1.91. The summed E-state index contributed by atoms with van der Waals surface area (Å²) in [5, 5.41) is 1.99. The van der Waals surface area contributed by atoms with Crippen molar-refractivity contribution in [1.29, 1.82) is 0 Å². The van der Waals surface area contributed by atoms with Gasteiger partial charge in [0.15, 0.2) is 0 Å². The van der Waals surface area contributed by atoms with Crippen molar-refractivity contribution in [3.8, 4) is 11.5 Å². The molecule has 3 aromatic rings. The first-order valence-corrected chi connectivity index (χ1v) is 7.60. The third kappa shape index (κ3) is 2.91. The van der Waals surface area contributed by atoms with Gasteiger partial charge < -0.3 is 10.5 Å². The van der Waals surface area contributed by atoms with E-state index in [1.54, 1.807) is 0 Å². The molecule has 3 aromatic carbocycles. The van der Waals surface area contributed by atoms with E-state index in [9.17, 15) is 0 Å². The standard InChI is InChI=1S/C17H12BrNOS/c18-11-4-3-5-12(10-11)20-16-9-8-15(17(19)21)13-6-1-2-7-14(13)16/h1-10H,(H2,19,21). The fourth-order valence-electron chi connectivity index (χ4n) is 2.23. The van der Waals surface area contributed by atoms with E-state index in [-0.39, 0.29) is 0 Å². The molecule has 0 aliphatic heterocycles. The molecule has 0 atom stereocenters. The largest absolute Gasteiger partial charge is 0.457 e. The Morgan fingerprint density at radius 2 is 1.71 bits per heavy atom. The number of thiocarbonyl (C=S) groups is 1. The summed E-state index contributed by atoms with van der Waals surface area (Å²) < 4.78 is 6.97. The van der Waals surface area contributed by atoms with Crippen molar-refractivity contribution in [3.05, 3.63) is 70.7 Å². The lowest BCUT2D eigenvalue weighted by Crippen LogP contribution is -2.09. The van der Waals surface area contributed by atoms with E-state index in [2.05, 4.69) is 15.9 Å². The first kappa shape index (κ1) is 14.0. The maximum absolute atomic E-state index is 5.99. The predicted octanol–water partition coefficient (Wildman–Crippen LogP) is 5.03. The number of hydrogen-bond acceptors (Lipinski definition) is 2. The molecule has 0 spiro atoms. The number of ether oxygens (including phenoxy) is 1. The molecule has 2 N–H and O–H groups in total. The minimum absolute atomic E-state index is 0.389. The lowest BCUT2D eigenvalue weighted by atomic mass is 10.0. The van der Waals surface area contributed by atoms with Crippen LogP contribution in [0.25, 0.3) is 10.8 Å². The molecule has 0 heterocycles. The van der Waals surface area contributed by atoms with E-state index in [1.807, 2.05) is 60.7 Å². The summed E-state index contributed by atoms with van der Waals surface area (Å²) in [6.07, 6.45) is 0. The minimum atomic E-state index is 0.389. The highest BCUT2D eigenvalue weighted by molar-refractivity contribution is 9.10. The van der Waals surface area contributed by atoms with Crippen molar-refractivity contribution >= 4 is 43.9 Å². The van der Waals surface area contributed by atoms with Gasteiger partial charge in [0, 0.05) is 15.4 Å². The van der Waals surface area contributed by atoms with E-state index >= 15 is 0 Å². The molecule has 0 saturated carbocycles.